The normalized spacial score (nSPS) is 9.06. The molecule has 0 rings (SSSR count). The third-order valence-corrected chi connectivity index (χ3v) is 2.73. The maximum atomic E-state index is 10.5. The van der Waals surface area contributed by atoms with Crippen LogP contribution in [0, 0.1) is 11.5 Å². The number of carbonyl (C=O) groups excluding carboxylic acids is 1. The molecule has 0 saturated heterocycles. The van der Waals surface area contributed by atoms with Gasteiger partial charge in [-0.05, 0) is 0 Å². The molecule has 0 saturated carbocycles. The number of hydrogen-bond acceptors (Lipinski definition) is 3. The first-order valence-corrected chi connectivity index (χ1v) is 6.96. The van der Waals surface area contributed by atoms with Crippen LogP contribution in [-0.4, -0.2) is 4.72 Å². The summed E-state index contributed by atoms with van der Waals surface area (Å²) in [4.78, 5) is 10.5. The van der Waals surface area contributed by atoms with Crippen LogP contribution in [0.3, 0.4) is 0 Å². The van der Waals surface area contributed by atoms with E-state index >= 15 is 0 Å². The van der Waals surface area contributed by atoms with Gasteiger partial charge >= 0.3 is 96.4 Å². The Hall–Kier alpha value is -0.534. The second-order valence-electron chi connectivity index (χ2n) is 4.04. The number of rotatable bonds is 10. The van der Waals surface area contributed by atoms with Crippen LogP contribution >= 0.6 is 0 Å². The van der Waals surface area contributed by atoms with E-state index in [0.717, 1.165) is 6.42 Å². The molecule has 4 heteroatoms. The quantitative estimate of drug-likeness (QED) is 0.380. The van der Waals surface area contributed by atoms with Crippen molar-refractivity contribution in [1.29, 1.82) is 5.26 Å². The monoisotopic (exact) mass is 284 g/mol. The first kappa shape index (κ1) is 18.8. The van der Waals surface area contributed by atoms with Gasteiger partial charge in [0.15, 0.2) is 6.19 Å². The van der Waals surface area contributed by atoms with Crippen LogP contribution in [-0.2, 0) is 20.5 Å². The van der Waals surface area contributed by atoms with Gasteiger partial charge in [-0.15, -0.1) is 0 Å². The van der Waals surface area contributed by atoms with Crippen LogP contribution in [0.25, 0.3) is 0 Å². The van der Waals surface area contributed by atoms with Crippen molar-refractivity contribution in [3.05, 3.63) is 0 Å². The molecule has 0 unspecified atom stereocenters. The first-order chi connectivity index (χ1) is 8.18. The SMILES string of the molecule is CCCCCCCCCCC[C](=O)[Co].N#CN. The van der Waals surface area contributed by atoms with Crippen LogP contribution in [0.1, 0.15) is 71.1 Å². The van der Waals surface area contributed by atoms with Crippen LogP contribution in [0.15, 0.2) is 0 Å². The van der Waals surface area contributed by atoms with Crippen molar-refractivity contribution in [3.8, 4) is 6.19 Å². The minimum atomic E-state index is 0.0282. The summed E-state index contributed by atoms with van der Waals surface area (Å²) in [7, 11) is 0. The Morgan fingerprint density at radius 2 is 1.41 bits per heavy atom. The minimum Gasteiger partial charge on any atom is -0.337 e. The Morgan fingerprint density at radius 3 is 1.76 bits per heavy atom. The van der Waals surface area contributed by atoms with Crippen LogP contribution < -0.4 is 5.73 Å². The fourth-order valence-corrected chi connectivity index (χ4v) is 1.75. The van der Waals surface area contributed by atoms with Crippen LogP contribution in [0.4, 0.5) is 0 Å². The number of nitrogens with zero attached hydrogens (tertiary/aromatic N) is 1. The molecule has 0 aromatic rings. The van der Waals surface area contributed by atoms with E-state index in [1.807, 2.05) is 0 Å². The predicted molar refractivity (Wildman–Crippen MR) is 66.7 cm³/mol. The molecule has 0 aliphatic carbocycles. The summed E-state index contributed by atoms with van der Waals surface area (Å²) in [5.41, 5.74) is 4.15. The fourth-order valence-electron chi connectivity index (χ4n) is 1.57. The topological polar surface area (TPSA) is 66.9 Å². The van der Waals surface area contributed by atoms with Crippen molar-refractivity contribution in [1.82, 2.24) is 0 Å². The van der Waals surface area contributed by atoms with Crippen molar-refractivity contribution < 1.29 is 20.5 Å². The standard InChI is InChI=1S/C12H23O.CH2N2.Co/c1-2-3-4-5-6-7-8-9-10-11-12-13;2-1-3;/h2-11H2,1H3;2H2;. The van der Waals surface area contributed by atoms with Gasteiger partial charge in [-0.25, -0.2) is 0 Å². The largest absolute Gasteiger partial charge is 0.337 e. The Bertz CT molecular complexity index is 202. The van der Waals surface area contributed by atoms with Crippen molar-refractivity contribution in [3.63, 3.8) is 0 Å². The summed E-state index contributed by atoms with van der Waals surface area (Å²) in [6, 6.07) is 0. The summed E-state index contributed by atoms with van der Waals surface area (Å²) in [6.07, 6.45) is 13.6. The molecular formula is C13H25CoN2O. The molecular weight excluding hydrogens is 259 g/mol. The van der Waals surface area contributed by atoms with E-state index in [2.05, 4.69) is 28.4 Å². The van der Waals surface area contributed by atoms with E-state index < -0.39 is 0 Å². The van der Waals surface area contributed by atoms with Gasteiger partial charge in [0.05, 0.1) is 0 Å². The summed E-state index contributed by atoms with van der Waals surface area (Å²) >= 11 is 3.79. The molecule has 17 heavy (non-hydrogen) atoms. The molecule has 0 radical (unpaired) electrons. The molecule has 0 bridgehead atoms. The van der Waals surface area contributed by atoms with E-state index in [1.165, 1.54) is 57.6 Å². The zero-order chi connectivity index (χ0) is 13.4. The van der Waals surface area contributed by atoms with E-state index in [0.29, 0.717) is 6.42 Å². The molecule has 0 aromatic heterocycles. The van der Waals surface area contributed by atoms with Gasteiger partial charge < -0.3 is 5.73 Å². The number of hydrogen-bond donors (Lipinski definition) is 1. The Kier molecular flexibility index (Phi) is 19.8. The average molecular weight is 284 g/mol. The third kappa shape index (κ3) is 25.6. The molecule has 0 atom stereocenters. The fraction of sp³-hybridized carbons (Fsp3) is 0.846. The van der Waals surface area contributed by atoms with Gasteiger partial charge in [0.2, 0.25) is 0 Å². The van der Waals surface area contributed by atoms with Crippen molar-refractivity contribution >= 4 is 4.72 Å². The first-order valence-electron chi connectivity index (χ1n) is 6.44. The average Bonchev–Trinajstić information content (AvgIpc) is 2.27. The number of nitriles is 1. The van der Waals surface area contributed by atoms with Gasteiger partial charge in [-0.1, -0.05) is 0 Å². The second kappa shape index (κ2) is 17.8. The molecule has 0 spiro atoms. The van der Waals surface area contributed by atoms with Crippen LogP contribution in [0.5, 0.6) is 0 Å². The molecule has 0 heterocycles. The van der Waals surface area contributed by atoms with Crippen molar-refractivity contribution in [2.45, 2.75) is 71.1 Å². The molecule has 0 aromatic carbocycles. The van der Waals surface area contributed by atoms with Gasteiger partial charge in [-0.2, -0.15) is 5.26 Å². The maximum Gasteiger partial charge on any atom is 0.173 e. The molecule has 0 aliphatic rings. The minimum absolute atomic E-state index is 0.0282. The number of carbonyl (C=O) groups is 1. The molecule has 2 N–H and O–H groups in total. The van der Waals surface area contributed by atoms with Gasteiger partial charge in [0.25, 0.3) is 0 Å². The number of nitrogens with two attached hydrogens (primary N) is 1. The summed E-state index contributed by atoms with van der Waals surface area (Å²) in [5, 5.41) is 7.10. The summed E-state index contributed by atoms with van der Waals surface area (Å²) in [6.45, 7) is 2.24. The summed E-state index contributed by atoms with van der Waals surface area (Å²) < 4.78 is 0.0282. The second-order valence-corrected chi connectivity index (χ2v) is 4.62. The van der Waals surface area contributed by atoms with Gasteiger partial charge in [0.1, 0.15) is 0 Å². The zero-order valence-corrected chi connectivity index (χ0v) is 11.9. The Morgan fingerprint density at radius 1 is 1.06 bits per heavy atom. The molecule has 0 fully saturated rings. The summed E-state index contributed by atoms with van der Waals surface area (Å²) in [5.74, 6) is 0. The van der Waals surface area contributed by atoms with Gasteiger partial charge in [-0.3, -0.25) is 0 Å². The van der Waals surface area contributed by atoms with Gasteiger partial charge in [0, 0.05) is 0 Å². The molecule has 0 aliphatic heterocycles. The van der Waals surface area contributed by atoms with E-state index in [9.17, 15) is 4.79 Å². The smallest absolute Gasteiger partial charge is 0.173 e. The molecule has 0 amide bonds. The molecule has 102 valence electrons. The van der Waals surface area contributed by atoms with Crippen molar-refractivity contribution in [2.24, 2.45) is 5.73 Å². The maximum absolute atomic E-state index is 10.5. The van der Waals surface area contributed by atoms with E-state index in [4.69, 9.17) is 5.26 Å². The zero-order valence-electron chi connectivity index (χ0n) is 10.8. The predicted octanol–water partition coefficient (Wildman–Crippen LogP) is 3.41. The van der Waals surface area contributed by atoms with E-state index in [1.54, 1.807) is 0 Å². The Labute approximate surface area is 114 Å². The van der Waals surface area contributed by atoms with Crippen LogP contribution in [0.2, 0.25) is 0 Å². The Balaban J connectivity index is 0. The molecule has 3 nitrogen and oxygen atoms in total. The third-order valence-electron chi connectivity index (χ3n) is 2.47. The van der Waals surface area contributed by atoms with E-state index in [-0.39, 0.29) is 4.72 Å². The number of unbranched alkanes of at least 4 members (excludes halogenated alkanes) is 8. The van der Waals surface area contributed by atoms with Crippen molar-refractivity contribution in [2.75, 3.05) is 0 Å².